The highest BCUT2D eigenvalue weighted by Gasteiger charge is 2.27. The number of carbonyl (C=O) groups is 2. The third kappa shape index (κ3) is 2.86. The van der Waals surface area contributed by atoms with Gasteiger partial charge < -0.3 is 15.1 Å². The van der Waals surface area contributed by atoms with Gasteiger partial charge in [-0.3, -0.25) is 9.59 Å². The Morgan fingerprint density at radius 2 is 1.62 bits per heavy atom. The second kappa shape index (κ2) is 5.76. The van der Waals surface area contributed by atoms with E-state index in [1.807, 2.05) is 12.1 Å². The highest BCUT2D eigenvalue weighted by Crippen LogP contribution is 2.25. The molecule has 2 saturated heterocycles. The van der Waals surface area contributed by atoms with Gasteiger partial charge in [0, 0.05) is 37.4 Å². The molecular weight excluding hydrogens is 266 g/mol. The second-order valence-electron chi connectivity index (χ2n) is 5.74. The summed E-state index contributed by atoms with van der Waals surface area (Å²) in [4.78, 5) is 27.9. The fraction of sp³-hybridized carbons (Fsp3) is 0.500. The molecule has 2 aliphatic heterocycles. The zero-order valence-electron chi connectivity index (χ0n) is 12.3. The topological polar surface area (TPSA) is 52.7 Å². The number of nitrogens with zero attached hydrogens (tertiary/aromatic N) is 2. The largest absolute Gasteiger partial charge is 0.372 e. The molecule has 112 valence electrons. The Morgan fingerprint density at radius 1 is 1.00 bits per heavy atom. The Hall–Kier alpha value is -2.04. The highest BCUT2D eigenvalue weighted by atomic mass is 16.2. The normalized spacial score (nSPS) is 23.2. The quantitative estimate of drug-likeness (QED) is 0.897. The molecule has 1 aromatic rings. The van der Waals surface area contributed by atoms with Gasteiger partial charge in [0.05, 0.1) is 0 Å². The molecule has 1 N–H and O–H groups in total. The van der Waals surface area contributed by atoms with E-state index in [9.17, 15) is 9.59 Å². The monoisotopic (exact) mass is 287 g/mol. The Labute approximate surface area is 124 Å². The van der Waals surface area contributed by atoms with Crippen molar-refractivity contribution in [3.05, 3.63) is 24.3 Å². The van der Waals surface area contributed by atoms with Gasteiger partial charge in [-0.25, -0.2) is 0 Å². The van der Waals surface area contributed by atoms with Crippen LogP contribution in [0.25, 0.3) is 0 Å². The van der Waals surface area contributed by atoms with Crippen LogP contribution in [-0.2, 0) is 9.59 Å². The number of hydrogen-bond acceptors (Lipinski definition) is 3. The molecule has 0 aromatic heterocycles. The number of hydrogen-bond donors (Lipinski definition) is 1. The maximum Gasteiger partial charge on any atom is 0.249 e. The maximum atomic E-state index is 12.3. The maximum absolute atomic E-state index is 12.3. The van der Waals surface area contributed by atoms with Crippen LogP contribution in [-0.4, -0.2) is 37.5 Å². The number of nitrogens with one attached hydrogen (secondary N) is 1. The van der Waals surface area contributed by atoms with Crippen molar-refractivity contribution >= 4 is 23.2 Å². The Bertz CT molecular complexity index is 535. The van der Waals surface area contributed by atoms with Gasteiger partial charge in [-0.2, -0.15) is 0 Å². The van der Waals surface area contributed by atoms with Crippen molar-refractivity contribution in [2.24, 2.45) is 0 Å². The number of benzene rings is 1. The van der Waals surface area contributed by atoms with Gasteiger partial charge in [0.25, 0.3) is 0 Å². The lowest BCUT2D eigenvalue weighted by molar-refractivity contribution is -0.125. The van der Waals surface area contributed by atoms with Gasteiger partial charge in [-0.05, 0) is 44.0 Å². The van der Waals surface area contributed by atoms with Crippen LogP contribution in [0, 0.1) is 0 Å². The molecule has 0 radical (unpaired) electrons. The minimum Gasteiger partial charge on any atom is -0.372 e. The standard InChI is InChI=1S/C16H21N3O2/c1-12-16(21)19(11-8-15(20)17-12)14-6-4-13(5-7-14)18-9-2-3-10-18/h4-7,12H,2-3,8-11H2,1H3,(H,17,20). The smallest absolute Gasteiger partial charge is 0.249 e. The van der Waals surface area contributed by atoms with Crippen molar-refractivity contribution in [3.63, 3.8) is 0 Å². The van der Waals surface area contributed by atoms with Gasteiger partial charge in [0.2, 0.25) is 11.8 Å². The first-order valence-corrected chi connectivity index (χ1v) is 7.61. The lowest BCUT2D eigenvalue weighted by Crippen LogP contribution is -2.42. The van der Waals surface area contributed by atoms with E-state index in [-0.39, 0.29) is 11.8 Å². The summed E-state index contributed by atoms with van der Waals surface area (Å²) in [5, 5.41) is 2.71. The van der Waals surface area contributed by atoms with Crippen LogP contribution in [0.15, 0.2) is 24.3 Å². The third-order valence-corrected chi connectivity index (χ3v) is 4.21. The summed E-state index contributed by atoms with van der Waals surface area (Å²) in [6.45, 7) is 4.39. The molecule has 3 rings (SSSR count). The predicted molar refractivity (Wildman–Crippen MR) is 82.5 cm³/mol. The molecular formula is C16H21N3O2. The average molecular weight is 287 g/mol. The number of anilines is 2. The lowest BCUT2D eigenvalue weighted by atomic mass is 10.2. The van der Waals surface area contributed by atoms with Gasteiger partial charge in [0.1, 0.15) is 6.04 Å². The van der Waals surface area contributed by atoms with Gasteiger partial charge in [0.15, 0.2) is 0 Å². The van der Waals surface area contributed by atoms with E-state index in [1.54, 1.807) is 11.8 Å². The van der Waals surface area contributed by atoms with Crippen LogP contribution in [0.1, 0.15) is 26.2 Å². The van der Waals surface area contributed by atoms with Crippen molar-refractivity contribution in [1.29, 1.82) is 0 Å². The summed E-state index contributed by atoms with van der Waals surface area (Å²) in [5.74, 6) is -0.109. The van der Waals surface area contributed by atoms with E-state index in [2.05, 4.69) is 22.3 Å². The first-order chi connectivity index (χ1) is 10.1. The van der Waals surface area contributed by atoms with Crippen molar-refractivity contribution in [3.8, 4) is 0 Å². The van der Waals surface area contributed by atoms with Gasteiger partial charge in [-0.15, -0.1) is 0 Å². The molecule has 2 amide bonds. The third-order valence-electron chi connectivity index (χ3n) is 4.21. The molecule has 1 unspecified atom stereocenters. The molecule has 2 aliphatic rings. The first-order valence-electron chi connectivity index (χ1n) is 7.61. The molecule has 1 atom stereocenters. The van der Waals surface area contributed by atoms with Crippen LogP contribution >= 0.6 is 0 Å². The van der Waals surface area contributed by atoms with E-state index in [0.717, 1.165) is 18.8 Å². The van der Waals surface area contributed by atoms with Crippen LogP contribution in [0.3, 0.4) is 0 Å². The minimum atomic E-state index is -0.460. The Kier molecular flexibility index (Phi) is 3.82. The average Bonchev–Trinajstić information content (AvgIpc) is 2.98. The molecule has 0 saturated carbocycles. The number of amides is 2. The van der Waals surface area contributed by atoms with Crippen LogP contribution < -0.4 is 15.1 Å². The van der Waals surface area contributed by atoms with Crippen molar-refractivity contribution in [2.45, 2.75) is 32.2 Å². The minimum absolute atomic E-state index is 0.0465. The molecule has 2 fully saturated rings. The Morgan fingerprint density at radius 3 is 2.29 bits per heavy atom. The zero-order chi connectivity index (χ0) is 14.8. The first kappa shape index (κ1) is 13.9. The van der Waals surface area contributed by atoms with Crippen molar-refractivity contribution < 1.29 is 9.59 Å². The summed E-state index contributed by atoms with van der Waals surface area (Å²) < 4.78 is 0. The van der Waals surface area contributed by atoms with Gasteiger partial charge >= 0.3 is 0 Å². The summed E-state index contributed by atoms with van der Waals surface area (Å²) in [6, 6.07) is 7.64. The molecule has 0 bridgehead atoms. The molecule has 2 heterocycles. The van der Waals surface area contributed by atoms with Gasteiger partial charge in [-0.1, -0.05) is 0 Å². The van der Waals surface area contributed by atoms with Crippen LogP contribution in [0.4, 0.5) is 11.4 Å². The number of rotatable bonds is 2. The van der Waals surface area contributed by atoms with Crippen LogP contribution in [0.2, 0.25) is 0 Å². The SMILES string of the molecule is CC1NC(=O)CCN(c2ccc(N3CCCC3)cc2)C1=O. The molecule has 5 heteroatoms. The van der Waals surface area contributed by atoms with E-state index < -0.39 is 6.04 Å². The second-order valence-corrected chi connectivity index (χ2v) is 5.74. The summed E-state index contributed by atoms with van der Waals surface area (Å²) in [6.07, 6.45) is 2.85. The van der Waals surface area contributed by atoms with E-state index >= 15 is 0 Å². The fourth-order valence-electron chi connectivity index (χ4n) is 3.01. The summed E-state index contributed by atoms with van der Waals surface area (Å²) >= 11 is 0. The molecule has 1 aromatic carbocycles. The predicted octanol–water partition coefficient (Wildman–Crippen LogP) is 1.53. The summed E-state index contributed by atoms with van der Waals surface area (Å²) in [5.41, 5.74) is 2.08. The molecule has 5 nitrogen and oxygen atoms in total. The zero-order valence-corrected chi connectivity index (χ0v) is 12.3. The Balaban J connectivity index is 1.78. The van der Waals surface area contributed by atoms with E-state index in [0.29, 0.717) is 13.0 Å². The number of carbonyl (C=O) groups excluding carboxylic acids is 2. The van der Waals surface area contributed by atoms with Crippen molar-refractivity contribution in [2.75, 3.05) is 29.4 Å². The van der Waals surface area contributed by atoms with Crippen molar-refractivity contribution in [1.82, 2.24) is 5.32 Å². The molecule has 21 heavy (non-hydrogen) atoms. The lowest BCUT2D eigenvalue weighted by Gasteiger charge is -2.24. The van der Waals surface area contributed by atoms with E-state index in [4.69, 9.17) is 0 Å². The van der Waals surface area contributed by atoms with E-state index in [1.165, 1.54) is 18.5 Å². The fourth-order valence-corrected chi connectivity index (χ4v) is 3.01. The molecule has 0 spiro atoms. The van der Waals surface area contributed by atoms with Crippen LogP contribution in [0.5, 0.6) is 0 Å². The summed E-state index contributed by atoms with van der Waals surface area (Å²) in [7, 11) is 0. The highest BCUT2D eigenvalue weighted by molar-refractivity contribution is 6.01. The molecule has 0 aliphatic carbocycles.